The smallest absolute Gasteiger partial charge is 0.434 e. The average molecular weight is 361 g/mol. The molecule has 1 aromatic carbocycles. The summed E-state index contributed by atoms with van der Waals surface area (Å²) in [6.07, 6.45) is -4.08. The van der Waals surface area contributed by atoms with E-state index in [9.17, 15) is 18.0 Å². The van der Waals surface area contributed by atoms with E-state index in [2.05, 4.69) is 25.9 Å². The second-order valence-corrected chi connectivity index (χ2v) is 5.07. The van der Waals surface area contributed by atoms with Gasteiger partial charge >= 0.3 is 12.1 Å². The second-order valence-electron chi connectivity index (χ2n) is 4.15. The first-order valence-electron chi connectivity index (χ1n) is 5.68. The highest BCUT2D eigenvalue weighted by atomic mass is 79.9. The van der Waals surface area contributed by atoms with Crippen LogP contribution in [0.15, 0.2) is 34.9 Å². The molecule has 0 aliphatic carbocycles. The summed E-state index contributed by atoms with van der Waals surface area (Å²) in [7, 11) is 0. The summed E-state index contributed by atoms with van der Waals surface area (Å²) in [6, 6.07) is 6.91. The van der Waals surface area contributed by atoms with Crippen molar-refractivity contribution in [1.82, 2.24) is 9.97 Å². The highest BCUT2D eigenvalue weighted by Gasteiger charge is 2.38. The molecule has 8 heteroatoms. The van der Waals surface area contributed by atoms with Crippen LogP contribution >= 0.6 is 15.9 Å². The molecular weight excluding hydrogens is 353 g/mol. The molecule has 0 unspecified atom stereocenters. The number of carboxylic acid groups (broad SMARTS) is 1. The van der Waals surface area contributed by atoms with Gasteiger partial charge in [0, 0.05) is 17.1 Å². The second kappa shape index (κ2) is 5.80. The normalized spacial score (nSPS) is 11.4. The van der Waals surface area contributed by atoms with Crippen LogP contribution in [0.2, 0.25) is 0 Å². The van der Waals surface area contributed by atoms with E-state index in [0.29, 0.717) is 6.20 Å². The van der Waals surface area contributed by atoms with Crippen LogP contribution < -0.4 is 0 Å². The van der Waals surface area contributed by atoms with Crippen molar-refractivity contribution in [3.05, 3.63) is 57.6 Å². The van der Waals surface area contributed by atoms with Crippen molar-refractivity contribution < 1.29 is 23.1 Å². The number of nitrogens with zero attached hydrogens (tertiary/aromatic N) is 2. The van der Waals surface area contributed by atoms with Gasteiger partial charge in [0.15, 0.2) is 5.69 Å². The number of hydrogen-bond donors (Lipinski definition) is 1. The van der Waals surface area contributed by atoms with E-state index >= 15 is 0 Å². The lowest BCUT2D eigenvalue weighted by Crippen LogP contribution is -2.17. The van der Waals surface area contributed by atoms with Crippen LogP contribution in [0.3, 0.4) is 0 Å². The zero-order valence-corrected chi connectivity index (χ0v) is 11.9. The van der Waals surface area contributed by atoms with E-state index < -0.39 is 23.4 Å². The summed E-state index contributed by atoms with van der Waals surface area (Å²) in [5.74, 6) is -1.80. The minimum atomic E-state index is -4.84. The van der Waals surface area contributed by atoms with Crippen molar-refractivity contribution >= 4 is 21.9 Å². The van der Waals surface area contributed by atoms with Crippen LogP contribution in [0.4, 0.5) is 13.2 Å². The lowest BCUT2D eigenvalue weighted by molar-refractivity contribution is -0.141. The van der Waals surface area contributed by atoms with Crippen molar-refractivity contribution in [3.8, 4) is 0 Å². The first-order chi connectivity index (χ1) is 9.77. The number of carboxylic acids is 1. The van der Waals surface area contributed by atoms with Gasteiger partial charge in [-0.3, -0.25) is 0 Å². The number of benzene rings is 1. The summed E-state index contributed by atoms with van der Waals surface area (Å²) in [6.45, 7) is 0. The van der Waals surface area contributed by atoms with Crippen molar-refractivity contribution in [1.29, 1.82) is 0 Å². The van der Waals surface area contributed by atoms with Gasteiger partial charge in [-0.15, -0.1) is 0 Å². The average Bonchev–Trinajstić information content (AvgIpc) is 2.40. The molecule has 0 bridgehead atoms. The molecule has 0 saturated carbocycles. The Morgan fingerprint density at radius 1 is 1.24 bits per heavy atom. The fourth-order valence-corrected chi connectivity index (χ4v) is 1.93. The van der Waals surface area contributed by atoms with Crippen LogP contribution in [-0.2, 0) is 12.6 Å². The quantitative estimate of drug-likeness (QED) is 0.908. The minimum Gasteiger partial charge on any atom is -0.478 e. The molecule has 110 valence electrons. The first-order valence-corrected chi connectivity index (χ1v) is 6.47. The van der Waals surface area contributed by atoms with E-state index in [1.807, 2.05) is 0 Å². The van der Waals surface area contributed by atoms with E-state index in [0.717, 1.165) is 10.0 Å². The monoisotopic (exact) mass is 360 g/mol. The highest BCUT2D eigenvalue weighted by molar-refractivity contribution is 9.10. The Labute approximate surface area is 125 Å². The van der Waals surface area contributed by atoms with Gasteiger partial charge < -0.3 is 5.11 Å². The van der Waals surface area contributed by atoms with E-state index in [4.69, 9.17) is 5.11 Å². The lowest BCUT2D eigenvalue weighted by atomic mass is 10.1. The number of aromatic nitrogens is 2. The Kier molecular flexibility index (Phi) is 4.26. The third-order valence-electron chi connectivity index (χ3n) is 2.61. The molecule has 0 atom stereocenters. The molecule has 4 nitrogen and oxygen atoms in total. The predicted molar refractivity (Wildman–Crippen MR) is 70.9 cm³/mol. The molecule has 0 fully saturated rings. The van der Waals surface area contributed by atoms with Gasteiger partial charge in [-0.2, -0.15) is 13.2 Å². The third-order valence-corrected chi connectivity index (χ3v) is 3.14. The Balaban J connectivity index is 2.38. The Morgan fingerprint density at radius 3 is 2.38 bits per heavy atom. The van der Waals surface area contributed by atoms with Gasteiger partial charge in [0.05, 0.1) is 0 Å². The number of alkyl halides is 3. The molecule has 0 spiro atoms. The largest absolute Gasteiger partial charge is 0.478 e. The number of halogens is 4. The zero-order valence-electron chi connectivity index (χ0n) is 10.4. The Morgan fingerprint density at radius 2 is 1.86 bits per heavy atom. The summed E-state index contributed by atoms with van der Waals surface area (Å²) in [5, 5.41) is 8.75. The molecule has 2 rings (SSSR count). The molecule has 0 amide bonds. The van der Waals surface area contributed by atoms with Crippen molar-refractivity contribution in [2.24, 2.45) is 0 Å². The molecule has 21 heavy (non-hydrogen) atoms. The molecule has 0 radical (unpaired) electrons. The van der Waals surface area contributed by atoms with Gasteiger partial charge in [-0.1, -0.05) is 28.1 Å². The molecule has 1 N–H and O–H groups in total. The molecule has 1 heterocycles. The third kappa shape index (κ3) is 3.78. The van der Waals surface area contributed by atoms with Gasteiger partial charge in [0.2, 0.25) is 0 Å². The Bertz CT molecular complexity index is 672. The maximum absolute atomic E-state index is 12.8. The van der Waals surface area contributed by atoms with Crippen molar-refractivity contribution in [3.63, 3.8) is 0 Å². The predicted octanol–water partition coefficient (Wildman–Crippen LogP) is 3.55. The fraction of sp³-hybridized carbons (Fsp3) is 0.154. The minimum absolute atomic E-state index is 0.0796. The fourth-order valence-electron chi connectivity index (χ4n) is 1.66. The molecule has 0 aliphatic rings. The number of aromatic carboxylic acids is 1. The van der Waals surface area contributed by atoms with E-state index in [-0.39, 0.29) is 12.2 Å². The SMILES string of the molecule is O=C(O)c1cnc(Cc2ccc(Br)cc2)nc1C(F)(F)F. The number of rotatable bonds is 3. The van der Waals surface area contributed by atoms with Crippen LogP contribution in [-0.4, -0.2) is 21.0 Å². The van der Waals surface area contributed by atoms with Gasteiger partial charge in [-0.05, 0) is 17.7 Å². The maximum atomic E-state index is 12.8. The Hall–Kier alpha value is -1.96. The summed E-state index contributed by atoms with van der Waals surface area (Å²) in [5.41, 5.74) is -1.67. The summed E-state index contributed by atoms with van der Waals surface area (Å²) in [4.78, 5) is 17.8. The molecular formula is C13H8BrF3N2O2. The van der Waals surface area contributed by atoms with E-state index in [1.165, 1.54) is 0 Å². The van der Waals surface area contributed by atoms with Crippen LogP contribution in [0, 0.1) is 0 Å². The highest BCUT2D eigenvalue weighted by Crippen LogP contribution is 2.30. The number of carbonyl (C=O) groups is 1. The van der Waals surface area contributed by atoms with Crippen molar-refractivity contribution in [2.75, 3.05) is 0 Å². The van der Waals surface area contributed by atoms with Crippen LogP contribution in [0.25, 0.3) is 0 Å². The molecule has 1 aromatic heterocycles. The summed E-state index contributed by atoms with van der Waals surface area (Å²) >= 11 is 3.25. The van der Waals surface area contributed by atoms with Gasteiger partial charge in [0.25, 0.3) is 0 Å². The molecule has 2 aromatic rings. The van der Waals surface area contributed by atoms with Crippen molar-refractivity contribution in [2.45, 2.75) is 12.6 Å². The van der Waals surface area contributed by atoms with Crippen LogP contribution in [0.1, 0.15) is 27.4 Å². The van der Waals surface area contributed by atoms with Gasteiger partial charge in [-0.25, -0.2) is 14.8 Å². The molecule has 0 aliphatic heterocycles. The maximum Gasteiger partial charge on any atom is 0.434 e. The lowest BCUT2D eigenvalue weighted by Gasteiger charge is -2.10. The van der Waals surface area contributed by atoms with Crippen LogP contribution in [0.5, 0.6) is 0 Å². The van der Waals surface area contributed by atoms with E-state index in [1.54, 1.807) is 24.3 Å². The zero-order chi connectivity index (χ0) is 15.6. The molecule has 0 saturated heterocycles. The summed E-state index contributed by atoms with van der Waals surface area (Å²) < 4.78 is 39.3. The van der Waals surface area contributed by atoms with Gasteiger partial charge in [0.1, 0.15) is 11.4 Å². The first kappa shape index (κ1) is 15.4. The standard InChI is InChI=1S/C13H8BrF3N2O2/c14-8-3-1-7(2-4-8)5-10-18-6-9(12(20)21)11(19-10)13(15,16)17/h1-4,6H,5H2,(H,20,21). The topological polar surface area (TPSA) is 63.1 Å². The number of hydrogen-bond acceptors (Lipinski definition) is 3.